The number of ether oxygens (including phenoxy) is 1. The molecule has 0 radical (unpaired) electrons. The highest BCUT2D eigenvalue weighted by atomic mass is 19.1. The summed E-state index contributed by atoms with van der Waals surface area (Å²) >= 11 is 0. The predicted molar refractivity (Wildman–Crippen MR) is 36.9 cm³/mol. The lowest BCUT2D eigenvalue weighted by atomic mass is 9.96. The summed E-state index contributed by atoms with van der Waals surface area (Å²) < 4.78 is 18.3. The summed E-state index contributed by atoms with van der Waals surface area (Å²) in [6, 6.07) is 0. The summed E-state index contributed by atoms with van der Waals surface area (Å²) in [5.41, 5.74) is -1.74. The zero-order chi connectivity index (χ0) is 8.65. The summed E-state index contributed by atoms with van der Waals surface area (Å²) in [6.45, 7) is 2.47. The summed E-state index contributed by atoms with van der Waals surface area (Å²) in [4.78, 5) is 0. The second-order valence-electron chi connectivity index (χ2n) is 3.10. The highest BCUT2D eigenvalue weighted by Gasteiger charge is 2.51. The van der Waals surface area contributed by atoms with Crippen molar-refractivity contribution in [2.45, 2.75) is 37.8 Å². The summed E-state index contributed by atoms with van der Waals surface area (Å²) in [7, 11) is 0. The van der Waals surface area contributed by atoms with E-state index in [4.69, 9.17) is 9.84 Å². The van der Waals surface area contributed by atoms with Crippen LogP contribution in [0.15, 0.2) is 0 Å². The molecule has 1 heterocycles. The predicted octanol–water partition coefficient (Wildman–Crippen LogP) is -0.145. The number of rotatable bonds is 1. The maximum absolute atomic E-state index is 13.3. The molecule has 0 aliphatic carbocycles. The highest BCUT2D eigenvalue weighted by molar-refractivity contribution is 4.98. The SMILES string of the molecule is CC1OC(CO)C(O)C1(C)F. The first kappa shape index (κ1) is 8.90. The third-order valence-electron chi connectivity index (χ3n) is 2.28. The molecular weight excluding hydrogens is 151 g/mol. The van der Waals surface area contributed by atoms with Crippen LogP contribution in [0, 0.1) is 0 Å². The fourth-order valence-electron chi connectivity index (χ4n) is 1.22. The molecule has 1 rings (SSSR count). The molecule has 0 amide bonds. The van der Waals surface area contributed by atoms with E-state index in [2.05, 4.69) is 0 Å². The van der Waals surface area contributed by atoms with Gasteiger partial charge in [0.15, 0.2) is 5.67 Å². The molecule has 4 atom stereocenters. The minimum Gasteiger partial charge on any atom is -0.394 e. The topological polar surface area (TPSA) is 49.7 Å². The number of aliphatic hydroxyl groups excluding tert-OH is 2. The van der Waals surface area contributed by atoms with E-state index in [-0.39, 0.29) is 6.61 Å². The minimum absolute atomic E-state index is 0.342. The van der Waals surface area contributed by atoms with Gasteiger partial charge in [-0.1, -0.05) is 0 Å². The standard InChI is InChI=1S/C7H13FO3/c1-4-7(2,8)6(10)5(3-9)11-4/h4-6,9-10H,3H2,1-2H3. The minimum atomic E-state index is -1.74. The summed E-state index contributed by atoms with van der Waals surface area (Å²) in [5, 5.41) is 17.9. The average molecular weight is 164 g/mol. The lowest BCUT2D eigenvalue weighted by Crippen LogP contribution is -2.40. The third kappa shape index (κ3) is 1.26. The van der Waals surface area contributed by atoms with Crippen molar-refractivity contribution in [1.29, 1.82) is 0 Å². The van der Waals surface area contributed by atoms with Crippen LogP contribution in [-0.2, 0) is 4.74 Å². The number of aliphatic hydroxyl groups is 2. The van der Waals surface area contributed by atoms with Gasteiger partial charge in [-0.25, -0.2) is 4.39 Å². The second kappa shape index (κ2) is 2.69. The first-order chi connectivity index (χ1) is 5.00. The van der Waals surface area contributed by atoms with Crippen molar-refractivity contribution in [3.05, 3.63) is 0 Å². The van der Waals surface area contributed by atoms with Crippen LogP contribution in [0.5, 0.6) is 0 Å². The first-order valence-corrected chi connectivity index (χ1v) is 3.63. The fourth-order valence-corrected chi connectivity index (χ4v) is 1.22. The Bertz CT molecular complexity index is 149. The Hall–Kier alpha value is -0.190. The van der Waals surface area contributed by atoms with Gasteiger partial charge in [0.2, 0.25) is 0 Å². The third-order valence-corrected chi connectivity index (χ3v) is 2.28. The van der Waals surface area contributed by atoms with Gasteiger partial charge in [-0.05, 0) is 13.8 Å². The molecule has 0 spiro atoms. The second-order valence-corrected chi connectivity index (χ2v) is 3.10. The Balaban J connectivity index is 2.71. The van der Waals surface area contributed by atoms with Crippen LogP contribution in [0.25, 0.3) is 0 Å². The van der Waals surface area contributed by atoms with Gasteiger partial charge >= 0.3 is 0 Å². The van der Waals surface area contributed by atoms with Gasteiger partial charge < -0.3 is 14.9 Å². The smallest absolute Gasteiger partial charge is 0.162 e. The molecule has 0 bridgehead atoms. The van der Waals surface area contributed by atoms with Crippen LogP contribution < -0.4 is 0 Å². The van der Waals surface area contributed by atoms with Crippen molar-refractivity contribution in [2.75, 3.05) is 6.61 Å². The van der Waals surface area contributed by atoms with E-state index in [0.29, 0.717) is 0 Å². The first-order valence-electron chi connectivity index (χ1n) is 3.63. The number of halogens is 1. The van der Waals surface area contributed by atoms with Crippen LogP contribution in [0.2, 0.25) is 0 Å². The Morgan fingerprint density at radius 1 is 1.64 bits per heavy atom. The zero-order valence-electron chi connectivity index (χ0n) is 6.62. The van der Waals surface area contributed by atoms with Crippen LogP contribution in [0.4, 0.5) is 4.39 Å². The number of hydrogen-bond acceptors (Lipinski definition) is 3. The normalized spacial score (nSPS) is 51.5. The van der Waals surface area contributed by atoms with E-state index in [1.54, 1.807) is 6.92 Å². The number of alkyl halides is 1. The van der Waals surface area contributed by atoms with Crippen molar-refractivity contribution in [1.82, 2.24) is 0 Å². The van der Waals surface area contributed by atoms with Crippen LogP contribution in [-0.4, -0.2) is 40.8 Å². The van der Waals surface area contributed by atoms with Gasteiger partial charge in [-0.15, -0.1) is 0 Å². The molecule has 1 saturated heterocycles. The average Bonchev–Trinajstić information content (AvgIpc) is 2.14. The molecule has 0 aromatic carbocycles. The van der Waals surface area contributed by atoms with Crippen molar-refractivity contribution < 1.29 is 19.3 Å². The number of hydrogen-bond donors (Lipinski definition) is 2. The van der Waals surface area contributed by atoms with Gasteiger partial charge in [0.05, 0.1) is 12.7 Å². The van der Waals surface area contributed by atoms with E-state index < -0.39 is 24.0 Å². The van der Waals surface area contributed by atoms with Crippen molar-refractivity contribution in [3.63, 3.8) is 0 Å². The molecule has 4 heteroatoms. The fraction of sp³-hybridized carbons (Fsp3) is 1.00. The van der Waals surface area contributed by atoms with E-state index in [1.165, 1.54) is 6.92 Å². The summed E-state index contributed by atoms with van der Waals surface area (Å²) in [5.74, 6) is 0. The summed E-state index contributed by atoms with van der Waals surface area (Å²) in [6.07, 6.45) is -2.66. The van der Waals surface area contributed by atoms with Gasteiger partial charge in [0.1, 0.15) is 12.2 Å². The molecule has 0 aromatic rings. The van der Waals surface area contributed by atoms with Crippen molar-refractivity contribution >= 4 is 0 Å². The van der Waals surface area contributed by atoms with Gasteiger partial charge in [0.25, 0.3) is 0 Å². The zero-order valence-corrected chi connectivity index (χ0v) is 6.62. The lowest BCUT2D eigenvalue weighted by molar-refractivity contribution is -0.0172. The molecule has 1 aliphatic rings. The largest absolute Gasteiger partial charge is 0.394 e. The van der Waals surface area contributed by atoms with E-state index >= 15 is 0 Å². The molecule has 0 saturated carbocycles. The van der Waals surface area contributed by atoms with Gasteiger partial charge in [-0.2, -0.15) is 0 Å². The molecule has 3 nitrogen and oxygen atoms in total. The molecule has 2 N–H and O–H groups in total. The Labute approximate surface area is 64.8 Å². The van der Waals surface area contributed by atoms with E-state index in [9.17, 15) is 9.50 Å². The molecule has 11 heavy (non-hydrogen) atoms. The Kier molecular flexibility index (Phi) is 2.18. The Morgan fingerprint density at radius 2 is 2.18 bits per heavy atom. The quantitative estimate of drug-likeness (QED) is 0.567. The van der Waals surface area contributed by atoms with Gasteiger partial charge in [0, 0.05) is 0 Å². The maximum Gasteiger partial charge on any atom is 0.162 e. The molecule has 66 valence electrons. The van der Waals surface area contributed by atoms with Crippen molar-refractivity contribution in [3.8, 4) is 0 Å². The maximum atomic E-state index is 13.3. The molecule has 0 aromatic heterocycles. The molecule has 1 aliphatic heterocycles. The van der Waals surface area contributed by atoms with Crippen LogP contribution in [0.3, 0.4) is 0 Å². The van der Waals surface area contributed by atoms with Crippen LogP contribution in [0.1, 0.15) is 13.8 Å². The van der Waals surface area contributed by atoms with E-state index in [1.807, 2.05) is 0 Å². The highest BCUT2D eigenvalue weighted by Crippen LogP contribution is 2.33. The van der Waals surface area contributed by atoms with Crippen LogP contribution >= 0.6 is 0 Å². The van der Waals surface area contributed by atoms with Crippen molar-refractivity contribution in [2.24, 2.45) is 0 Å². The molecular formula is C7H13FO3. The lowest BCUT2D eigenvalue weighted by Gasteiger charge is -2.20. The molecule has 1 fully saturated rings. The Morgan fingerprint density at radius 3 is 2.36 bits per heavy atom. The van der Waals surface area contributed by atoms with E-state index in [0.717, 1.165) is 0 Å². The van der Waals surface area contributed by atoms with Gasteiger partial charge in [-0.3, -0.25) is 0 Å². The molecule has 4 unspecified atom stereocenters. The monoisotopic (exact) mass is 164 g/mol.